The van der Waals surface area contributed by atoms with Gasteiger partial charge in [0.2, 0.25) is 5.91 Å². The van der Waals surface area contributed by atoms with E-state index < -0.39 is 5.91 Å². The minimum atomic E-state index is -0.422. The van der Waals surface area contributed by atoms with E-state index in [9.17, 15) is 4.79 Å². The van der Waals surface area contributed by atoms with Gasteiger partial charge in [0.25, 0.3) is 0 Å². The smallest absolute Gasteiger partial charge is 0.248 e. The molecule has 2 fully saturated rings. The number of hydrogen-bond donors (Lipinski definition) is 2. The third-order valence-electron chi connectivity index (χ3n) is 5.90. The second kappa shape index (κ2) is 7.33. The number of primary amides is 1. The number of rotatable bonds is 4. The molecule has 1 amide bonds. The van der Waals surface area contributed by atoms with Gasteiger partial charge in [-0.3, -0.25) is 4.79 Å². The number of amides is 1. The lowest BCUT2D eigenvalue weighted by Crippen LogP contribution is -2.48. The molecule has 3 atom stereocenters. The number of nitrogens with one attached hydrogen (secondary N) is 1. The molecule has 5 heteroatoms. The molecule has 2 heterocycles. The van der Waals surface area contributed by atoms with Crippen LogP contribution in [0, 0.1) is 0 Å². The minimum Gasteiger partial charge on any atom is -0.496 e. The Balaban J connectivity index is 1.66. The van der Waals surface area contributed by atoms with Crippen LogP contribution >= 0.6 is 0 Å². The van der Waals surface area contributed by atoms with E-state index in [-0.39, 0.29) is 17.6 Å². The lowest BCUT2D eigenvalue weighted by atomic mass is 9.76. The number of piperidine rings is 1. The maximum absolute atomic E-state index is 11.6. The summed E-state index contributed by atoms with van der Waals surface area (Å²) in [6.07, 6.45) is 3.00. The Hall–Kier alpha value is -2.37. The van der Waals surface area contributed by atoms with Crippen molar-refractivity contribution in [1.29, 1.82) is 0 Å². The second-order valence-electron chi connectivity index (χ2n) is 7.50. The Morgan fingerprint density at radius 3 is 2.81 bits per heavy atom. The van der Waals surface area contributed by atoms with Gasteiger partial charge in [-0.1, -0.05) is 30.3 Å². The van der Waals surface area contributed by atoms with Gasteiger partial charge in [0.1, 0.15) is 5.75 Å². The summed E-state index contributed by atoms with van der Waals surface area (Å²) in [7, 11) is 1.66. The second-order valence-corrected chi connectivity index (χ2v) is 7.50. The molecule has 142 valence electrons. The number of carbonyl (C=O) groups is 1. The lowest BCUT2D eigenvalue weighted by Gasteiger charge is -2.41. The van der Waals surface area contributed by atoms with Crippen molar-refractivity contribution < 1.29 is 14.3 Å². The summed E-state index contributed by atoms with van der Waals surface area (Å²) in [5.41, 5.74) is 8.02. The minimum absolute atomic E-state index is 0.169. The molecular formula is C22H26N2O3. The predicted octanol–water partition coefficient (Wildman–Crippen LogP) is 3.16. The first kappa shape index (κ1) is 18.0. The van der Waals surface area contributed by atoms with Crippen LogP contribution < -0.4 is 15.8 Å². The van der Waals surface area contributed by atoms with E-state index in [4.69, 9.17) is 15.2 Å². The lowest BCUT2D eigenvalue weighted by molar-refractivity contribution is -0.0484. The molecule has 0 saturated carbocycles. The fourth-order valence-corrected chi connectivity index (χ4v) is 4.61. The number of nitrogens with two attached hydrogens (primary N) is 1. The highest BCUT2D eigenvalue weighted by molar-refractivity contribution is 5.93. The Bertz CT molecular complexity index is 824. The number of ether oxygens (including phenoxy) is 2. The van der Waals surface area contributed by atoms with Crippen LogP contribution in [0.2, 0.25) is 0 Å². The van der Waals surface area contributed by atoms with Gasteiger partial charge in [-0.05, 0) is 49.6 Å². The molecule has 0 aliphatic carbocycles. The van der Waals surface area contributed by atoms with Crippen molar-refractivity contribution in [3.8, 4) is 5.75 Å². The van der Waals surface area contributed by atoms with Crippen LogP contribution in [-0.4, -0.2) is 31.8 Å². The summed E-state index contributed by atoms with van der Waals surface area (Å²) in [4.78, 5) is 11.6. The predicted molar refractivity (Wildman–Crippen MR) is 104 cm³/mol. The third kappa shape index (κ3) is 3.33. The summed E-state index contributed by atoms with van der Waals surface area (Å²) in [5, 5.41) is 3.67. The zero-order valence-electron chi connectivity index (χ0n) is 15.6. The van der Waals surface area contributed by atoms with Crippen LogP contribution in [0.1, 0.15) is 52.7 Å². The molecule has 3 N–H and O–H groups in total. The topological polar surface area (TPSA) is 73.6 Å². The first-order valence-electron chi connectivity index (χ1n) is 9.53. The first-order chi connectivity index (χ1) is 13.1. The number of methoxy groups -OCH3 is 1. The summed E-state index contributed by atoms with van der Waals surface area (Å²) in [6.45, 7) is 1.61. The average Bonchev–Trinajstić information content (AvgIpc) is 3.12. The van der Waals surface area contributed by atoms with Crippen molar-refractivity contribution >= 4 is 5.91 Å². The van der Waals surface area contributed by atoms with Crippen molar-refractivity contribution in [2.75, 3.05) is 20.3 Å². The molecule has 2 aromatic rings. The van der Waals surface area contributed by atoms with Crippen LogP contribution in [0.4, 0.5) is 0 Å². The Morgan fingerprint density at radius 1 is 1.26 bits per heavy atom. The first-order valence-corrected chi connectivity index (χ1v) is 9.53. The highest BCUT2D eigenvalue weighted by Crippen LogP contribution is 2.49. The van der Waals surface area contributed by atoms with E-state index in [0.717, 1.165) is 37.1 Å². The fourth-order valence-electron chi connectivity index (χ4n) is 4.61. The third-order valence-corrected chi connectivity index (χ3v) is 5.90. The largest absolute Gasteiger partial charge is 0.496 e. The molecule has 1 spiro atoms. The molecule has 27 heavy (non-hydrogen) atoms. The zero-order chi connectivity index (χ0) is 18.9. The van der Waals surface area contributed by atoms with E-state index in [0.29, 0.717) is 12.2 Å². The van der Waals surface area contributed by atoms with Crippen LogP contribution in [0.5, 0.6) is 5.75 Å². The standard InChI is InChI=1S/C22H26N2O3/c1-26-19-9-8-16(21(23)25)12-18(19)17-13-22(27-14-17)10-5-11-24-20(22)15-6-3-2-4-7-15/h2-4,6-9,12,17,20,24H,5,10-11,13-14H2,1H3,(H2,23,25)/t17?,20-,22+/m0/s1. The quantitative estimate of drug-likeness (QED) is 0.872. The van der Waals surface area contributed by atoms with Crippen molar-refractivity contribution in [2.24, 2.45) is 5.73 Å². The van der Waals surface area contributed by atoms with E-state index in [1.165, 1.54) is 5.56 Å². The monoisotopic (exact) mass is 366 g/mol. The number of carbonyl (C=O) groups excluding carboxylic acids is 1. The molecule has 2 aliphatic rings. The van der Waals surface area contributed by atoms with Gasteiger partial charge in [-0.2, -0.15) is 0 Å². The highest BCUT2D eigenvalue weighted by Gasteiger charge is 2.49. The van der Waals surface area contributed by atoms with Gasteiger partial charge >= 0.3 is 0 Å². The van der Waals surface area contributed by atoms with Gasteiger partial charge in [-0.15, -0.1) is 0 Å². The molecule has 2 aromatic carbocycles. The SMILES string of the molecule is COc1ccc(C(N)=O)cc1C1CO[C@]2(CCCN[C@H]2c2ccccc2)C1. The number of hydrogen-bond acceptors (Lipinski definition) is 4. The van der Waals surface area contributed by atoms with Gasteiger partial charge < -0.3 is 20.5 Å². The Labute approximate surface area is 159 Å². The van der Waals surface area contributed by atoms with E-state index in [1.807, 2.05) is 18.2 Å². The zero-order valence-corrected chi connectivity index (χ0v) is 15.6. The van der Waals surface area contributed by atoms with Crippen LogP contribution in [0.25, 0.3) is 0 Å². The summed E-state index contributed by atoms with van der Waals surface area (Å²) >= 11 is 0. The van der Waals surface area contributed by atoms with Gasteiger partial charge in [-0.25, -0.2) is 0 Å². The van der Waals surface area contributed by atoms with E-state index >= 15 is 0 Å². The normalized spacial score (nSPS) is 27.6. The maximum atomic E-state index is 11.6. The maximum Gasteiger partial charge on any atom is 0.248 e. The number of benzene rings is 2. The fraction of sp³-hybridized carbons (Fsp3) is 0.409. The van der Waals surface area contributed by atoms with Crippen molar-refractivity contribution in [3.05, 3.63) is 65.2 Å². The molecule has 0 radical (unpaired) electrons. The van der Waals surface area contributed by atoms with Crippen LogP contribution in [-0.2, 0) is 4.74 Å². The van der Waals surface area contributed by atoms with Gasteiger partial charge in [0.15, 0.2) is 0 Å². The molecular weight excluding hydrogens is 340 g/mol. The highest BCUT2D eigenvalue weighted by atomic mass is 16.5. The average molecular weight is 366 g/mol. The molecule has 2 aliphatic heterocycles. The Kier molecular flexibility index (Phi) is 4.89. The van der Waals surface area contributed by atoms with Gasteiger partial charge in [0.05, 0.1) is 25.4 Å². The molecule has 5 nitrogen and oxygen atoms in total. The molecule has 4 rings (SSSR count). The van der Waals surface area contributed by atoms with E-state index in [1.54, 1.807) is 13.2 Å². The summed E-state index contributed by atoms with van der Waals surface area (Å²) < 4.78 is 12.0. The van der Waals surface area contributed by atoms with Gasteiger partial charge in [0, 0.05) is 17.0 Å². The molecule has 2 saturated heterocycles. The van der Waals surface area contributed by atoms with Crippen LogP contribution in [0.15, 0.2) is 48.5 Å². The van der Waals surface area contributed by atoms with Crippen LogP contribution in [0.3, 0.4) is 0 Å². The van der Waals surface area contributed by atoms with Crippen molar-refractivity contribution in [2.45, 2.75) is 36.8 Å². The summed E-state index contributed by atoms with van der Waals surface area (Å²) in [6, 6.07) is 16.1. The molecule has 0 aromatic heterocycles. The van der Waals surface area contributed by atoms with E-state index in [2.05, 4.69) is 29.6 Å². The molecule has 1 unspecified atom stereocenters. The molecule has 0 bridgehead atoms. The Morgan fingerprint density at radius 2 is 2.07 bits per heavy atom. The van der Waals surface area contributed by atoms with Crippen molar-refractivity contribution in [1.82, 2.24) is 5.32 Å². The van der Waals surface area contributed by atoms with Crippen molar-refractivity contribution in [3.63, 3.8) is 0 Å². The summed E-state index contributed by atoms with van der Waals surface area (Å²) in [5.74, 6) is 0.532.